The molecule has 0 saturated carbocycles. The molecular formula is C18H17F4N5O. The van der Waals surface area contributed by atoms with Crippen molar-refractivity contribution in [3.63, 3.8) is 0 Å². The fourth-order valence-corrected chi connectivity index (χ4v) is 3.34. The van der Waals surface area contributed by atoms with Crippen LogP contribution in [-0.4, -0.2) is 45.0 Å². The Kier molecular flexibility index (Phi) is 4.58. The molecular weight excluding hydrogens is 378 g/mol. The van der Waals surface area contributed by atoms with Crippen molar-refractivity contribution in [2.24, 2.45) is 0 Å². The maximum Gasteiger partial charge on any atom is 0.416 e. The molecule has 0 unspecified atom stereocenters. The molecule has 4 rings (SSSR count). The fraction of sp³-hybridized carbons (Fsp3) is 0.333. The minimum absolute atomic E-state index is 0.138. The van der Waals surface area contributed by atoms with Gasteiger partial charge in [-0.05, 0) is 30.3 Å². The second-order valence-electron chi connectivity index (χ2n) is 6.70. The Balaban J connectivity index is 1.70. The number of phenols is 1. The Morgan fingerprint density at radius 1 is 1.18 bits per heavy atom. The van der Waals surface area contributed by atoms with Gasteiger partial charge in [-0.25, -0.2) is 4.39 Å². The van der Waals surface area contributed by atoms with Gasteiger partial charge in [0.25, 0.3) is 0 Å². The van der Waals surface area contributed by atoms with E-state index in [9.17, 15) is 22.7 Å². The fourth-order valence-electron chi connectivity index (χ4n) is 3.34. The predicted octanol–water partition coefficient (Wildman–Crippen LogP) is 3.23. The minimum atomic E-state index is -4.55. The molecule has 28 heavy (non-hydrogen) atoms. The van der Waals surface area contributed by atoms with E-state index in [1.807, 2.05) is 0 Å². The lowest BCUT2D eigenvalue weighted by molar-refractivity contribution is -0.137. The highest BCUT2D eigenvalue weighted by atomic mass is 19.4. The summed E-state index contributed by atoms with van der Waals surface area (Å²) in [6.45, 7) is 0.890. The number of nitrogens with zero attached hydrogens (tertiary/aromatic N) is 3. The van der Waals surface area contributed by atoms with Gasteiger partial charge >= 0.3 is 6.18 Å². The van der Waals surface area contributed by atoms with Gasteiger partial charge in [-0.3, -0.25) is 4.40 Å². The molecule has 1 fully saturated rings. The summed E-state index contributed by atoms with van der Waals surface area (Å²) in [6, 6.07) is 5.99. The second-order valence-corrected chi connectivity index (χ2v) is 6.70. The summed E-state index contributed by atoms with van der Waals surface area (Å²) in [5, 5.41) is 24.5. The van der Waals surface area contributed by atoms with Crippen LogP contribution < -0.4 is 10.6 Å². The van der Waals surface area contributed by atoms with Crippen LogP contribution in [-0.2, 0) is 6.18 Å². The van der Waals surface area contributed by atoms with Gasteiger partial charge in [0, 0.05) is 37.3 Å². The van der Waals surface area contributed by atoms with Crippen LogP contribution in [0.5, 0.6) is 5.75 Å². The first-order chi connectivity index (χ1) is 13.3. The number of fused-ring (bicyclic) bond motifs is 1. The summed E-state index contributed by atoms with van der Waals surface area (Å²) in [5.41, 5.74) is -0.0177. The lowest BCUT2D eigenvalue weighted by Gasteiger charge is -2.27. The normalized spacial score (nSPS) is 20.4. The van der Waals surface area contributed by atoms with Crippen molar-refractivity contribution in [2.75, 3.05) is 18.4 Å². The molecule has 0 radical (unpaired) electrons. The van der Waals surface area contributed by atoms with E-state index in [0.717, 1.165) is 6.07 Å². The molecule has 0 bridgehead atoms. The summed E-state index contributed by atoms with van der Waals surface area (Å²) in [7, 11) is 0. The molecule has 1 saturated heterocycles. The Labute approximate surface area is 157 Å². The standard InChI is InChI=1S/C18H17F4N5O/c19-11-7-12(9-23-8-11)24-17-26-25-16(14-2-1-5-27(14)17)13-4-3-10(6-15(13)28)18(20,21)22/h1-6,11-12,23,28H,7-9H2,(H,24,26)/t11-,12+/m0/s1. The van der Waals surface area contributed by atoms with Crippen molar-refractivity contribution in [3.8, 4) is 17.0 Å². The molecule has 3 heterocycles. The number of hydrogen-bond donors (Lipinski definition) is 3. The van der Waals surface area contributed by atoms with Crippen molar-refractivity contribution in [1.82, 2.24) is 19.9 Å². The zero-order chi connectivity index (χ0) is 19.9. The number of nitrogens with one attached hydrogen (secondary N) is 2. The topological polar surface area (TPSA) is 74.5 Å². The predicted molar refractivity (Wildman–Crippen MR) is 94.9 cm³/mol. The number of hydrogen-bond acceptors (Lipinski definition) is 5. The highest BCUT2D eigenvalue weighted by Gasteiger charge is 2.31. The van der Waals surface area contributed by atoms with E-state index in [1.54, 1.807) is 22.7 Å². The van der Waals surface area contributed by atoms with Crippen LogP contribution in [0.2, 0.25) is 0 Å². The number of aromatic nitrogens is 3. The molecule has 2 aromatic heterocycles. The lowest BCUT2D eigenvalue weighted by atomic mass is 10.1. The first-order valence-corrected chi connectivity index (χ1v) is 8.68. The summed E-state index contributed by atoms with van der Waals surface area (Å²) in [5.74, 6) is -0.152. The first kappa shape index (κ1) is 18.5. The quantitative estimate of drug-likeness (QED) is 0.594. The van der Waals surface area contributed by atoms with Crippen molar-refractivity contribution in [2.45, 2.75) is 24.8 Å². The number of rotatable bonds is 3. The number of anilines is 1. The van der Waals surface area contributed by atoms with E-state index in [0.29, 0.717) is 37.0 Å². The average molecular weight is 395 g/mol. The van der Waals surface area contributed by atoms with Crippen LogP contribution >= 0.6 is 0 Å². The van der Waals surface area contributed by atoms with Gasteiger partial charge < -0.3 is 15.7 Å². The maximum atomic E-state index is 13.6. The summed E-state index contributed by atoms with van der Waals surface area (Å²) in [6.07, 6.45) is -3.47. The average Bonchev–Trinajstić information content (AvgIpc) is 3.12. The van der Waals surface area contributed by atoms with Crippen LogP contribution in [0.15, 0.2) is 36.5 Å². The SMILES string of the molecule is Oc1cc(C(F)(F)F)ccc1-c1nnc(N[C@H]2CNC[C@@H](F)C2)n2cccc12. The number of halogens is 4. The lowest BCUT2D eigenvalue weighted by Crippen LogP contribution is -2.44. The van der Waals surface area contributed by atoms with Crippen LogP contribution in [0.4, 0.5) is 23.5 Å². The van der Waals surface area contributed by atoms with Crippen molar-refractivity contribution in [3.05, 3.63) is 42.1 Å². The molecule has 1 aliphatic rings. The van der Waals surface area contributed by atoms with Crippen molar-refractivity contribution < 1.29 is 22.7 Å². The Morgan fingerprint density at radius 3 is 2.71 bits per heavy atom. The zero-order valence-corrected chi connectivity index (χ0v) is 14.5. The molecule has 148 valence electrons. The van der Waals surface area contributed by atoms with Gasteiger partial charge in [-0.2, -0.15) is 13.2 Å². The van der Waals surface area contributed by atoms with E-state index >= 15 is 0 Å². The minimum Gasteiger partial charge on any atom is -0.507 e. The highest BCUT2D eigenvalue weighted by Crippen LogP contribution is 2.37. The van der Waals surface area contributed by atoms with E-state index in [2.05, 4.69) is 20.8 Å². The third-order valence-electron chi connectivity index (χ3n) is 4.67. The summed E-state index contributed by atoms with van der Waals surface area (Å²) >= 11 is 0. The summed E-state index contributed by atoms with van der Waals surface area (Å²) in [4.78, 5) is 0. The first-order valence-electron chi connectivity index (χ1n) is 8.68. The van der Waals surface area contributed by atoms with Gasteiger partial charge in [-0.15, -0.1) is 10.2 Å². The van der Waals surface area contributed by atoms with E-state index in [4.69, 9.17) is 0 Å². The number of alkyl halides is 4. The van der Waals surface area contributed by atoms with E-state index in [-0.39, 0.29) is 17.3 Å². The molecule has 0 aliphatic carbocycles. The molecule has 0 amide bonds. The van der Waals surface area contributed by atoms with Crippen molar-refractivity contribution in [1.29, 1.82) is 0 Å². The molecule has 1 aliphatic heterocycles. The Bertz CT molecular complexity index is 1000. The third kappa shape index (κ3) is 3.47. The third-order valence-corrected chi connectivity index (χ3v) is 4.67. The monoisotopic (exact) mass is 395 g/mol. The van der Waals surface area contributed by atoms with E-state index in [1.165, 1.54) is 6.07 Å². The van der Waals surface area contributed by atoms with Gasteiger partial charge in [0.1, 0.15) is 17.6 Å². The number of piperidine rings is 1. The smallest absolute Gasteiger partial charge is 0.416 e. The van der Waals surface area contributed by atoms with Crippen molar-refractivity contribution >= 4 is 11.5 Å². The number of benzene rings is 1. The van der Waals surface area contributed by atoms with Gasteiger partial charge in [0.15, 0.2) is 0 Å². The molecule has 3 aromatic rings. The molecule has 3 N–H and O–H groups in total. The molecule has 6 nitrogen and oxygen atoms in total. The van der Waals surface area contributed by atoms with Crippen LogP contribution in [0.25, 0.3) is 16.8 Å². The second kappa shape index (κ2) is 6.93. The number of aromatic hydroxyl groups is 1. The molecule has 2 atom stereocenters. The number of phenolic OH excluding ortho intramolecular Hbond substituents is 1. The highest BCUT2D eigenvalue weighted by molar-refractivity contribution is 5.81. The maximum absolute atomic E-state index is 13.6. The molecule has 1 aromatic carbocycles. The Hall–Kier alpha value is -2.88. The largest absolute Gasteiger partial charge is 0.507 e. The zero-order valence-electron chi connectivity index (χ0n) is 14.5. The van der Waals surface area contributed by atoms with Gasteiger partial charge in [0.05, 0.1) is 11.1 Å². The van der Waals surface area contributed by atoms with Gasteiger partial charge in [0.2, 0.25) is 5.95 Å². The Morgan fingerprint density at radius 2 is 2.00 bits per heavy atom. The van der Waals surface area contributed by atoms with E-state index < -0.39 is 23.7 Å². The van der Waals surface area contributed by atoms with Gasteiger partial charge in [-0.1, -0.05) is 0 Å². The van der Waals surface area contributed by atoms with Crippen LogP contribution in [0, 0.1) is 0 Å². The molecule has 10 heteroatoms. The molecule has 0 spiro atoms. The van der Waals surface area contributed by atoms with Crippen LogP contribution in [0.3, 0.4) is 0 Å². The van der Waals surface area contributed by atoms with Crippen LogP contribution in [0.1, 0.15) is 12.0 Å². The summed E-state index contributed by atoms with van der Waals surface area (Å²) < 4.78 is 53.7.